The van der Waals surface area contributed by atoms with Gasteiger partial charge in [0.05, 0.1) is 6.54 Å². The summed E-state index contributed by atoms with van der Waals surface area (Å²) in [5.41, 5.74) is 4.19. The van der Waals surface area contributed by atoms with Crippen LogP contribution in [0.3, 0.4) is 0 Å². The highest BCUT2D eigenvalue weighted by atomic mass is 16.6. The van der Waals surface area contributed by atoms with Crippen molar-refractivity contribution in [1.29, 1.82) is 0 Å². The summed E-state index contributed by atoms with van der Waals surface area (Å²) in [5, 5.41) is 18.4. The molecule has 0 unspecified atom stereocenters. The van der Waals surface area contributed by atoms with Crippen LogP contribution in [0.5, 0.6) is 5.75 Å². The molecule has 0 spiro atoms. The molecule has 3 aromatic rings. The first-order chi connectivity index (χ1) is 21.3. The number of nitrogens with one attached hydrogen (secondary N) is 3. The normalized spacial score (nSPS) is 15.4. The minimum atomic E-state index is -1.09. The van der Waals surface area contributed by atoms with Gasteiger partial charge in [0.25, 0.3) is 0 Å². The average Bonchev–Trinajstić information content (AvgIpc) is 3.08. The van der Waals surface area contributed by atoms with E-state index in [4.69, 9.17) is 4.74 Å². The Morgan fingerprint density at radius 2 is 1.60 bits per heavy atom. The first kappa shape index (κ1) is 33.0. The van der Waals surface area contributed by atoms with Gasteiger partial charge >= 0.3 is 6.09 Å². The van der Waals surface area contributed by atoms with Crippen molar-refractivity contribution in [3.8, 4) is 5.75 Å². The van der Waals surface area contributed by atoms with Gasteiger partial charge in [-0.1, -0.05) is 54.6 Å². The van der Waals surface area contributed by atoms with Crippen LogP contribution in [0.4, 0.5) is 4.79 Å². The Morgan fingerprint density at radius 1 is 0.978 bits per heavy atom. The van der Waals surface area contributed by atoms with E-state index < -0.39 is 35.6 Å². The molecule has 1 aliphatic heterocycles. The van der Waals surface area contributed by atoms with Crippen LogP contribution in [0.2, 0.25) is 0 Å². The second-order valence-corrected chi connectivity index (χ2v) is 12.5. The zero-order chi connectivity index (χ0) is 32.7. The zero-order valence-electron chi connectivity index (χ0n) is 26.5. The van der Waals surface area contributed by atoms with Crippen LogP contribution in [0, 0.1) is 13.8 Å². The van der Waals surface area contributed by atoms with Crippen molar-refractivity contribution < 1.29 is 29.0 Å². The second kappa shape index (κ2) is 14.3. The van der Waals surface area contributed by atoms with Crippen LogP contribution in [0.15, 0.2) is 66.7 Å². The number of aryl methyl sites for hydroxylation is 2. The van der Waals surface area contributed by atoms with E-state index in [1.54, 1.807) is 32.9 Å². The van der Waals surface area contributed by atoms with Gasteiger partial charge in [-0.05, 0) is 80.1 Å². The fraction of sp³-hybridized carbons (Fsp3) is 0.371. The van der Waals surface area contributed by atoms with E-state index in [1.807, 2.05) is 68.4 Å². The summed E-state index contributed by atoms with van der Waals surface area (Å²) >= 11 is 0. The average molecular weight is 615 g/mol. The SMILES string of the molecule is Cc1cc(O)cc(C)c1C[C@H](NC(=O)OC(C)(C)C)C(=O)N[C@H]1Cc2ccccc2CN(CC(=O)NCc2ccccc2)C1=O. The van der Waals surface area contributed by atoms with Crippen molar-refractivity contribution in [3.63, 3.8) is 0 Å². The standard InChI is InChI=1S/C35H42N4O6/c1-22-15-27(40)16-23(2)28(22)18-29(38-34(44)45-35(3,4)5)32(42)37-30-17-25-13-9-10-14-26(25)20-39(33(30)43)21-31(41)36-19-24-11-7-6-8-12-24/h6-16,29-30,40H,17-21H2,1-5H3,(H,36,41)(H,37,42)(H,38,44)/t29-,30-/m0/s1. The molecule has 4 N–H and O–H groups in total. The zero-order valence-corrected chi connectivity index (χ0v) is 26.5. The minimum absolute atomic E-state index is 0.102. The van der Waals surface area contributed by atoms with E-state index in [9.17, 15) is 24.3 Å². The molecule has 3 aromatic carbocycles. The maximum atomic E-state index is 13.9. The number of hydrogen-bond acceptors (Lipinski definition) is 6. The van der Waals surface area contributed by atoms with E-state index in [1.165, 1.54) is 4.90 Å². The van der Waals surface area contributed by atoms with Gasteiger partial charge in [-0.15, -0.1) is 0 Å². The lowest BCUT2D eigenvalue weighted by Gasteiger charge is -2.27. The third-order valence-electron chi connectivity index (χ3n) is 7.59. The van der Waals surface area contributed by atoms with E-state index >= 15 is 0 Å². The molecule has 10 nitrogen and oxygen atoms in total. The Bertz CT molecular complexity index is 1530. The third kappa shape index (κ3) is 9.31. The fourth-order valence-corrected chi connectivity index (χ4v) is 5.42. The number of nitrogens with zero attached hydrogens (tertiary/aromatic N) is 1. The van der Waals surface area contributed by atoms with E-state index in [-0.39, 0.29) is 37.6 Å². The first-order valence-electron chi connectivity index (χ1n) is 15.0. The smallest absolute Gasteiger partial charge is 0.408 e. The molecule has 1 heterocycles. The van der Waals surface area contributed by atoms with Crippen LogP contribution >= 0.6 is 0 Å². The Kier molecular flexibility index (Phi) is 10.5. The number of carbonyl (C=O) groups is 4. The number of phenols is 1. The molecule has 0 aromatic heterocycles. The minimum Gasteiger partial charge on any atom is -0.508 e. The number of phenolic OH excluding ortho intramolecular Hbond substituents is 1. The molecule has 4 amide bonds. The summed E-state index contributed by atoms with van der Waals surface area (Å²) in [4.78, 5) is 55.0. The van der Waals surface area contributed by atoms with Gasteiger partial charge in [0, 0.05) is 25.9 Å². The van der Waals surface area contributed by atoms with Crippen LogP contribution in [0.25, 0.3) is 0 Å². The lowest BCUT2D eigenvalue weighted by atomic mass is 9.95. The third-order valence-corrected chi connectivity index (χ3v) is 7.59. The van der Waals surface area contributed by atoms with Crippen LogP contribution in [0.1, 0.15) is 54.2 Å². The Balaban J connectivity index is 1.56. The first-order valence-corrected chi connectivity index (χ1v) is 15.0. The predicted molar refractivity (Wildman–Crippen MR) is 170 cm³/mol. The number of amides is 4. The molecule has 4 rings (SSSR count). The summed E-state index contributed by atoms with van der Waals surface area (Å²) < 4.78 is 5.44. The lowest BCUT2D eigenvalue weighted by molar-refractivity contribution is -0.140. The highest BCUT2D eigenvalue weighted by Crippen LogP contribution is 2.23. The Labute approximate surface area is 264 Å². The molecule has 238 valence electrons. The summed E-state index contributed by atoms with van der Waals surface area (Å²) in [6.07, 6.45) is -0.447. The molecule has 0 radical (unpaired) electrons. The van der Waals surface area contributed by atoms with Crippen molar-refractivity contribution in [2.45, 2.75) is 78.2 Å². The molecule has 0 saturated carbocycles. The summed E-state index contributed by atoms with van der Waals surface area (Å²) in [7, 11) is 0. The lowest BCUT2D eigenvalue weighted by Crippen LogP contribution is -2.56. The van der Waals surface area contributed by atoms with Crippen molar-refractivity contribution in [2.24, 2.45) is 0 Å². The second-order valence-electron chi connectivity index (χ2n) is 12.5. The molecule has 0 bridgehead atoms. The molecular weight excluding hydrogens is 572 g/mol. The Hall–Kier alpha value is -4.86. The highest BCUT2D eigenvalue weighted by molar-refractivity contribution is 5.93. The van der Waals surface area contributed by atoms with Crippen molar-refractivity contribution in [1.82, 2.24) is 20.9 Å². The number of benzene rings is 3. The summed E-state index contributed by atoms with van der Waals surface area (Å²) in [5.74, 6) is -1.19. The molecule has 0 fully saturated rings. The topological polar surface area (TPSA) is 137 Å². The quantitative estimate of drug-likeness (QED) is 0.289. The van der Waals surface area contributed by atoms with Gasteiger partial charge < -0.3 is 30.7 Å². The molecule has 2 atom stereocenters. The largest absolute Gasteiger partial charge is 0.508 e. The van der Waals surface area contributed by atoms with E-state index in [0.29, 0.717) is 6.54 Å². The molecule has 0 aliphatic carbocycles. The van der Waals surface area contributed by atoms with Gasteiger partial charge in [0.2, 0.25) is 17.7 Å². The number of alkyl carbamates (subject to hydrolysis) is 1. The van der Waals surface area contributed by atoms with Crippen molar-refractivity contribution in [2.75, 3.05) is 6.54 Å². The monoisotopic (exact) mass is 614 g/mol. The van der Waals surface area contributed by atoms with Gasteiger partial charge in [0.1, 0.15) is 23.4 Å². The number of hydrogen-bond donors (Lipinski definition) is 4. The molecule has 45 heavy (non-hydrogen) atoms. The van der Waals surface area contributed by atoms with Gasteiger partial charge in [-0.2, -0.15) is 0 Å². The van der Waals surface area contributed by atoms with E-state index in [2.05, 4.69) is 16.0 Å². The van der Waals surface area contributed by atoms with E-state index in [0.717, 1.165) is 33.4 Å². The predicted octanol–water partition coefficient (Wildman–Crippen LogP) is 3.83. The number of carbonyl (C=O) groups excluding carboxylic acids is 4. The van der Waals surface area contributed by atoms with Gasteiger partial charge in [0.15, 0.2) is 0 Å². The van der Waals surface area contributed by atoms with Gasteiger partial charge in [-0.25, -0.2) is 4.79 Å². The van der Waals surface area contributed by atoms with Crippen molar-refractivity contribution >= 4 is 23.8 Å². The van der Waals surface area contributed by atoms with Crippen LogP contribution in [-0.2, 0) is 45.1 Å². The Morgan fingerprint density at radius 3 is 2.24 bits per heavy atom. The van der Waals surface area contributed by atoms with Gasteiger partial charge in [-0.3, -0.25) is 14.4 Å². The summed E-state index contributed by atoms with van der Waals surface area (Å²) in [6.45, 7) is 9.16. The molecule has 1 aliphatic rings. The molecular formula is C35H42N4O6. The summed E-state index contributed by atoms with van der Waals surface area (Å²) in [6, 6.07) is 18.2. The fourth-order valence-electron chi connectivity index (χ4n) is 5.42. The molecule has 0 saturated heterocycles. The number of fused-ring (bicyclic) bond motifs is 1. The maximum Gasteiger partial charge on any atom is 0.408 e. The number of ether oxygens (including phenoxy) is 1. The van der Waals surface area contributed by atoms with Crippen LogP contribution in [-0.4, -0.2) is 58.1 Å². The number of aromatic hydroxyl groups is 1. The highest BCUT2D eigenvalue weighted by Gasteiger charge is 2.34. The number of rotatable bonds is 9. The van der Waals surface area contributed by atoms with Crippen LogP contribution < -0.4 is 16.0 Å². The maximum absolute atomic E-state index is 13.9. The van der Waals surface area contributed by atoms with Crippen molar-refractivity contribution in [3.05, 3.63) is 100 Å². The molecule has 10 heteroatoms.